The first-order chi connectivity index (χ1) is 6.72. The second-order valence-electron chi connectivity index (χ2n) is 3.25. The maximum Gasteiger partial charge on any atom is 0.310 e. The van der Waals surface area contributed by atoms with Gasteiger partial charge in [0.15, 0.2) is 0 Å². The Balaban J connectivity index is 2.38. The molecule has 1 N–H and O–H groups in total. The van der Waals surface area contributed by atoms with Crippen molar-refractivity contribution in [2.24, 2.45) is 0 Å². The number of hydrogen-bond acceptors (Lipinski definition) is 3. The number of unbranched alkanes of at least 4 members (excludes halogenated alkanes) is 2. The second-order valence-corrected chi connectivity index (χ2v) is 4.45. The lowest BCUT2D eigenvalue weighted by Crippen LogP contribution is -1.98. The fraction of sp³-hybridized carbons (Fsp3) is 0.600. The second kappa shape index (κ2) is 5.75. The van der Waals surface area contributed by atoms with Gasteiger partial charge in [-0.25, -0.2) is 4.98 Å². The Hall–Kier alpha value is -0.900. The molecule has 0 atom stereocenters. The van der Waals surface area contributed by atoms with E-state index in [1.165, 1.54) is 35.5 Å². The van der Waals surface area contributed by atoms with Gasteiger partial charge in [0.2, 0.25) is 0 Å². The van der Waals surface area contributed by atoms with Crippen LogP contribution in [0.2, 0.25) is 0 Å². The largest absolute Gasteiger partial charge is 0.481 e. The van der Waals surface area contributed by atoms with Gasteiger partial charge in [-0.2, -0.15) is 0 Å². The Bertz CT molecular complexity index is 296. The van der Waals surface area contributed by atoms with Crippen LogP contribution in [0.4, 0.5) is 0 Å². The minimum absolute atomic E-state index is 0.0540. The van der Waals surface area contributed by atoms with Gasteiger partial charge < -0.3 is 5.11 Å². The molecule has 0 aliphatic heterocycles. The molecular weight excluding hydrogens is 198 g/mol. The van der Waals surface area contributed by atoms with Gasteiger partial charge in [0.05, 0.1) is 6.42 Å². The molecule has 0 bridgehead atoms. The Morgan fingerprint density at radius 1 is 1.57 bits per heavy atom. The summed E-state index contributed by atoms with van der Waals surface area (Å²) in [6.07, 6.45) is 6.50. The Morgan fingerprint density at radius 3 is 3.00 bits per heavy atom. The molecule has 0 aromatic carbocycles. The van der Waals surface area contributed by atoms with E-state index in [0.717, 1.165) is 6.42 Å². The molecule has 0 saturated carbocycles. The van der Waals surface area contributed by atoms with Crippen molar-refractivity contribution in [1.82, 2.24) is 4.98 Å². The average molecular weight is 213 g/mol. The van der Waals surface area contributed by atoms with E-state index in [0.29, 0.717) is 5.01 Å². The molecule has 0 fully saturated rings. The first-order valence-corrected chi connectivity index (χ1v) is 5.69. The predicted octanol–water partition coefficient (Wildman–Crippen LogP) is 2.50. The van der Waals surface area contributed by atoms with Gasteiger partial charge in [0.25, 0.3) is 0 Å². The van der Waals surface area contributed by atoms with E-state index in [4.69, 9.17) is 5.11 Å². The normalized spacial score (nSPS) is 10.4. The molecule has 4 heteroatoms. The highest BCUT2D eigenvalue weighted by Gasteiger charge is 2.05. The Labute approximate surface area is 87.8 Å². The molecule has 14 heavy (non-hydrogen) atoms. The number of thiazole rings is 1. The maximum atomic E-state index is 10.4. The molecule has 1 rings (SSSR count). The number of rotatable bonds is 6. The third-order valence-electron chi connectivity index (χ3n) is 1.93. The SMILES string of the molecule is CCCCCc1cnc(CC(=O)O)s1. The lowest BCUT2D eigenvalue weighted by atomic mass is 10.2. The van der Waals surface area contributed by atoms with Crippen LogP contribution in [0.15, 0.2) is 6.20 Å². The molecule has 0 unspecified atom stereocenters. The van der Waals surface area contributed by atoms with Crippen LogP contribution in [0.3, 0.4) is 0 Å². The number of aliphatic carboxylic acids is 1. The van der Waals surface area contributed by atoms with E-state index in [1.807, 2.05) is 0 Å². The van der Waals surface area contributed by atoms with Crippen LogP contribution in [0.5, 0.6) is 0 Å². The topological polar surface area (TPSA) is 50.2 Å². The van der Waals surface area contributed by atoms with Crippen LogP contribution in [0.1, 0.15) is 36.1 Å². The molecule has 0 saturated heterocycles. The van der Waals surface area contributed by atoms with Gasteiger partial charge in [-0.1, -0.05) is 19.8 Å². The summed E-state index contributed by atoms with van der Waals surface area (Å²) in [4.78, 5) is 15.7. The average Bonchev–Trinajstić information content (AvgIpc) is 2.52. The van der Waals surface area contributed by atoms with Crippen molar-refractivity contribution in [1.29, 1.82) is 0 Å². The number of aromatic nitrogens is 1. The van der Waals surface area contributed by atoms with Crippen LogP contribution in [-0.4, -0.2) is 16.1 Å². The van der Waals surface area contributed by atoms with E-state index in [-0.39, 0.29) is 6.42 Å². The van der Waals surface area contributed by atoms with Crippen molar-refractivity contribution < 1.29 is 9.90 Å². The van der Waals surface area contributed by atoms with Crippen molar-refractivity contribution in [3.63, 3.8) is 0 Å². The molecule has 0 radical (unpaired) electrons. The molecule has 1 aromatic rings. The van der Waals surface area contributed by atoms with Gasteiger partial charge in [0, 0.05) is 11.1 Å². The van der Waals surface area contributed by atoms with E-state index in [2.05, 4.69) is 11.9 Å². The molecule has 0 spiro atoms. The third-order valence-corrected chi connectivity index (χ3v) is 2.99. The molecule has 3 nitrogen and oxygen atoms in total. The monoisotopic (exact) mass is 213 g/mol. The zero-order chi connectivity index (χ0) is 10.4. The summed E-state index contributed by atoms with van der Waals surface area (Å²) in [6.45, 7) is 2.17. The van der Waals surface area contributed by atoms with E-state index in [9.17, 15) is 4.79 Å². The predicted molar refractivity (Wildman–Crippen MR) is 56.7 cm³/mol. The van der Waals surface area contributed by atoms with Crippen LogP contribution in [0, 0.1) is 0 Å². The summed E-state index contributed by atoms with van der Waals surface area (Å²) in [5.74, 6) is -0.806. The van der Waals surface area contributed by atoms with Gasteiger partial charge in [-0.3, -0.25) is 4.79 Å². The van der Waals surface area contributed by atoms with Crippen molar-refractivity contribution in [3.05, 3.63) is 16.1 Å². The summed E-state index contributed by atoms with van der Waals surface area (Å²) < 4.78 is 0. The van der Waals surface area contributed by atoms with Gasteiger partial charge in [0.1, 0.15) is 5.01 Å². The highest BCUT2D eigenvalue weighted by atomic mass is 32.1. The summed E-state index contributed by atoms with van der Waals surface area (Å²) in [5, 5.41) is 9.27. The van der Waals surface area contributed by atoms with Crippen LogP contribution >= 0.6 is 11.3 Å². The van der Waals surface area contributed by atoms with Crippen LogP contribution in [0.25, 0.3) is 0 Å². The Morgan fingerprint density at radius 2 is 2.36 bits per heavy atom. The van der Waals surface area contributed by atoms with E-state index < -0.39 is 5.97 Å². The fourth-order valence-electron chi connectivity index (χ4n) is 1.22. The van der Waals surface area contributed by atoms with Crippen LogP contribution in [-0.2, 0) is 17.6 Å². The standard InChI is InChI=1S/C10H15NO2S/c1-2-3-4-5-8-7-11-9(14-8)6-10(12)13/h7H,2-6H2,1H3,(H,12,13). The van der Waals surface area contributed by atoms with Crippen molar-refractivity contribution in [3.8, 4) is 0 Å². The molecule has 1 heterocycles. The summed E-state index contributed by atoms with van der Waals surface area (Å²) in [6, 6.07) is 0. The van der Waals surface area contributed by atoms with E-state index >= 15 is 0 Å². The number of carboxylic acids is 1. The molecule has 78 valence electrons. The third kappa shape index (κ3) is 3.87. The number of aryl methyl sites for hydroxylation is 1. The first-order valence-electron chi connectivity index (χ1n) is 4.87. The van der Waals surface area contributed by atoms with Crippen molar-refractivity contribution in [2.45, 2.75) is 39.0 Å². The fourth-order valence-corrected chi connectivity index (χ4v) is 2.18. The molecule has 0 aliphatic carbocycles. The quantitative estimate of drug-likeness (QED) is 0.739. The van der Waals surface area contributed by atoms with Crippen LogP contribution < -0.4 is 0 Å². The number of carbonyl (C=O) groups is 1. The van der Waals surface area contributed by atoms with Crippen molar-refractivity contribution in [2.75, 3.05) is 0 Å². The number of hydrogen-bond donors (Lipinski definition) is 1. The highest BCUT2D eigenvalue weighted by molar-refractivity contribution is 7.11. The number of carboxylic acid groups (broad SMARTS) is 1. The summed E-state index contributed by atoms with van der Waals surface area (Å²) in [7, 11) is 0. The lowest BCUT2D eigenvalue weighted by molar-refractivity contribution is -0.136. The molecule has 1 aromatic heterocycles. The zero-order valence-corrected chi connectivity index (χ0v) is 9.14. The zero-order valence-electron chi connectivity index (χ0n) is 8.32. The summed E-state index contributed by atoms with van der Waals surface area (Å²) >= 11 is 1.52. The van der Waals surface area contributed by atoms with Gasteiger partial charge in [-0.15, -0.1) is 11.3 Å². The highest BCUT2D eigenvalue weighted by Crippen LogP contribution is 2.16. The smallest absolute Gasteiger partial charge is 0.310 e. The molecule has 0 amide bonds. The van der Waals surface area contributed by atoms with Gasteiger partial charge >= 0.3 is 5.97 Å². The van der Waals surface area contributed by atoms with Gasteiger partial charge in [-0.05, 0) is 12.8 Å². The maximum absolute atomic E-state index is 10.4. The Kier molecular flexibility index (Phi) is 4.59. The number of nitrogens with zero attached hydrogens (tertiary/aromatic N) is 1. The lowest BCUT2D eigenvalue weighted by Gasteiger charge is -1.93. The minimum Gasteiger partial charge on any atom is -0.481 e. The van der Waals surface area contributed by atoms with E-state index in [1.54, 1.807) is 6.20 Å². The summed E-state index contributed by atoms with van der Waals surface area (Å²) in [5.41, 5.74) is 0. The molecule has 0 aliphatic rings. The van der Waals surface area contributed by atoms with Crippen molar-refractivity contribution >= 4 is 17.3 Å². The minimum atomic E-state index is -0.806. The first kappa shape index (κ1) is 11.2. The molecular formula is C10H15NO2S.